The van der Waals surface area contributed by atoms with Crippen LogP contribution in [0.15, 0.2) is 22.7 Å². The number of aromatic nitrogens is 2. The molecule has 0 saturated carbocycles. The molecule has 0 radical (unpaired) electrons. The van der Waals surface area contributed by atoms with Crippen LogP contribution in [0.4, 0.5) is 4.39 Å². The number of likely N-dealkylation sites (tertiary alicyclic amines) is 1. The summed E-state index contributed by atoms with van der Waals surface area (Å²) in [5.41, 5.74) is 6.50. The zero-order valence-corrected chi connectivity index (χ0v) is 13.1. The van der Waals surface area contributed by atoms with E-state index in [4.69, 9.17) is 10.3 Å². The summed E-state index contributed by atoms with van der Waals surface area (Å²) in [5, 5.41) is 3.93. The summed E-state index contributed by atoms with van der Waals surface area (Å²) in [6.07, 6.45) is 0.740. The van der Waals surface area contributed by atoms with Crippen LogP contribution in [0.2, 0.25) is 0 Å². The standard InChI is InChI=1S/C16H19FN4O2/c1-9-3-4-11(7-13(9)17)15-19-16(23-20-15)10(2)21-6-5-12(8-21)14(18)22/h3-4,7,10,12H,5-6,8H2,1-2H3,(H2,18,22)/t10-,12+/m1/s1. The molecule has 1 aromatic heterocycles. The Balaban J connectivity index is 1.76. The molecule has 1 aliphatic rings. The van der Waals surface area contributed by atoms with Gasteiger partial charge in [0.1, 0.15) is 5.82 Å². The highest BCUT2D eigenvalue weighted by atomic mass is 19.1. The summed E-state index contributed by atoms with van der Waals surface area (Å²) in [6, 6.07) is 4.72. The Hall–Kier alpha value is -2.28. The van der Waals surface area contributed by atoms with Crippen LogP contribution in [-0.4, -0.2) is 34.0 Å². The third kappa shape index (κ3) is 3.10. The number of nitrogens with two attached hydrogens (primary N) is 1. The van der Waals surface area contributed by atoms with Gasteiger partial charge in [0.2, 0.25) is 17.6 Å². The average molecular weight is 318 g/mol. The Kier molecular flexibility index (Phi) is 4.12. The highest BCUT2D eigenvalue weighted by Gasteiger charge is 2.32. The number of hydrogen-bond donors (Lipinski definition) is 1. The second-order valence-corrected chi connectivity index (χ2v) is 5.98. The lowest BCUT2D eigenvalue weighted by Gasteiger charge is -2.20. The normalized spacial score (nSPS) is 19.9. The Morgan fingerprint density at radius 1 is 1.52 bits per heavy atom. The molecule has 1 saturated heterocycles. The molecule has 1 amide bonds. The van der Waals surface area contributed by atoms with Crippen LogP contribution < -0.4 is 5.73 Å². The van der Waals surface area contributed by atoms with Crippen LogP contribution in [0.25, 0.3) is 11.4 Å². The minimum absolute atomic E-state index is 0.115. The monoisotopic (exact) mass is 318 g/mol. The predicted molar refractivity (Wildman–Crippen MR) is 81.7 cm³/mol. The summed E-state index contributed by atoms with van der Waals surface area (Å²) in [4.78, 5) is 17.7. The number of benzene rings is 1. The first kappa shape index (κ1) is 15.6. The van der Waals surface area contributed by atoms with Gasteiger partial charge >= 0.3 is 0 Å². The molecule has 0 bridgehead atoms. The summed E-state index contributed by atoms with van der Waals surface area (Å²) in [7, 11) is 0. The smallest absolute Gasteiger partial charge is 0.244 e. The SMILES string of the molecule is Cc1ccc(-c2noc([C@@H](C)N3CC[C@H](C(N)=O)C3)n2)cc1F. The van der Waals surface area contributed by atoms with Crippen LogP contribution in [-0.2, 0) is 4.79 Å². The third-order valence-corrected chi connectivity index (χ3v) is 4.40. The number of primary amides is 1. The fraction of sp³-hybridized carbons (Fsp3) is 0.438. The lowest BCUT2D eigenvalue weighted by molar-refractivity contribution is -0.121. The maximum atomic E-state index is 13.7. The van der Waals surface area contributed by atoms with Gasteiger partial charge in [-0.2, -0.15) is 4.98 Å². The van der Waals surface area contributed by atoms with Crippen molar-refractivity contribution >= 4 is 5.91 Å². The van der Waals surface area contributed by atoms with E-state index in [0.29, 0.717) is 29.4 Å². The number of carbonyl (C=O) groups excluding carboxylic acids is 1. The van der Waals surface area contributed by atoms with E-state index in [1.807, 2.05) is 6.92 Å². The van der Waals surface area contributed by atoms with Gasteiger partial charge in [0.25, 0.3) is 0 Å². The quantitative estimate of drug-likeness (QED) is 0.932. The van der Waals surface area contributed by atoms with E-state index >= 15 is 0 Å². The number of hydrogen-bond acceptors (Lipinski definition) is 5. The minimum Gasteiger partial charge on any atom is -0.369 e. The van der Waals surface area contributed by atoms with Gasteiger partial charge < -0.3 is 10.3 Å². The number of halogens is 1. The van der Waals surface area contributed by atoms with E-state index in [2.05, 4.69) is 15.0 Å². The summed E-state index contributed by atoms with van der Waals surface area (Å²) < 4.78 is 19.0. The van der Waals surface area contributed by atoms with E-state index < -0.39 is 0 Å². The van der Waals surface area contributed by atoms with Crippen molar-refractivity contribution in [2.75, 3.05) is 13.1 Å². The molecule has 7 heteroatoms. The van der Waals surface area contributed by atoms with E-state index in [1.165, 1.54) is 6.07 Å². The number of aryl methyl sites for hydroxylation is 1. The van der Waals surface area contributed by atoms with Crippen LogP contribution in [0.1, 0.15) is 30.8 Å². The van der Waals surface area contributed by atoms with Crippen molar-refractivity contribution in [3.63, 3.8) is 0 Å². The van der Waals surface area contributed by atoms with Crippen LogP contribution in [0, 0.1) is 18.7 Å². The zero-order valence-electron chi connectivity index (χ0n) is 13.1. The number of rotatable bonds is 4. The van der Waals surface area contributed by atoms with Crippen molar-refractivity contribution in [1.82, 2.24) is 15.0 Å². The Morgan fingerprint density at radius 3 is 2.96 bits per heavy atom. The van der Waals surface area contributed by atoms with E-state index in [-0.39, 0.29) is 23.7 Å². The molecule has 0 spiro atoms. The molecule has 2 N–H and O–H groups in total. The molecule has 1 aliphatic heterocycles. The first-order chi connectivity index (χ1) is 11.0. The first-order valence-electron chi connectivity index (χ1n) is 7.59. The molecule has 3 rings (SSSR count). The fourth-order valence-electron chi connectivity index (χ4n) is 2.78. The summed E-state index contributed by atoms with van der Waals surface area (Å²) in [5.74, 6) is 0.0975. The number of amides is 1. The maximum absolute atomic E-state index is 13.7. The van der Waals surface area contributed by atoms with Gasteiger partial charge in [-0.25, -0.2) is 4.39 Å². The van der Waals surface area contributed by atoms with E-state index in [0.717, 1.165) is 13.0 Å². The zero-order chi connectivity index (χ0) is 16.6. The van der Waals surface area contributed by atoms with Gasteiger partial charge in [-0.05, 0) is 38.4 Å². The molecular formula is C16H19FN4O2. The molecule has 2 aromatic rings. The topological polar surface area (TPSA) is 85.3 Å². The highest BCUT2D eigenvalue weighted by Crippen LogP contribution is 2.28. The summed E-state index contributed by atoms with van der Waals surface area (Å²) >= 11 is 0. The Morgan fingerprint density at radius 2 is 2.30 bits per heavy atom. The van der Waals surface area contributed by atoms with Crippen molar-refractivity contribution in [3.8, 4) is 11.4 Å². The molecule has 2 atom stereocenters. The molecule has 0 unspecified atom stereocenters. The molecule has 1 fully saturated rings. The highest BCUT2D eigenvalue weighted by molar-refractivity contribution is 5.77. The molecule has 2 heterocycles. The van der Waals surface area contributed by atoms with Gasteiger partial charge in [-0.15, -0.1) is 0 Å². The Labute approximate surface area is 133 Å². The van der Waals surface area contributed by atoms with Crippen molar-refractivity contribution in [2.45, 2.75) is 26.3 Å². The van der Waals surface area contributed by atoms with Gasteiger partial charge in [0.05, 0.1) is 12.0 Å². The van der Waals surface area contributed by atoms with Gasteiger partial charge in [0, 0.05) is 12.1 Å². The molecule has 6 nitrogen and oxygen atoms in total. The lowest BCUT2D eigenvalue weighted by atomic mass is 10.1. The Bertz CT molecular complexity index is 731. The molecule has 23 heavy (non-hydrogen) atoms. The molecule has 0 aliphatic carbocycles. The predicted octanol–water partition coefficient (Wildman–Crippen LogP) is 2.05. The van der Waals surface area contributed by atoms with Crippen molar-refractivity contribution in [2.24, 2.45) is 11.7 Å². The van der Waals surface area contributed by atoms with Crippen molar-refractivity contribution in [1.29, 1.82) is 0 Å². The van der Waals surface area contributed by atoms with E-state index in [9.17, 15) is 9.18 Å². The van der Waals surface area contributed by atoms with Gasteiger partial charge in [0.15, 0.2) is 0 Å². The number of nitrogens with zero attached hydrogens (tertiary/aromatic N) is 3. The first-order valence-corrected chi connectivity index (χ1v) is 7.59. The van der Waals surface area contributed by atoms with E-state index in [1.54, 1.807) is 19.1 Å². The third-order valence-electron chi connectivity index (χ3n) is 4.40. The minimum atomic E-state index is -0.300. The second kappa shape index (κ2) is 6.08. The van der Waals surface area contributed by atoms with Crippen molar-refractivity contribution in [3.05, 3.63) is 35.5 Å². The molecule has 1 aromatic carbocycles. The fourth-order valence-corrected chi connectivity index (χ4v) is 2.78. The molecule has 122 valence electrons. The lowest BCUT2D eigenvalue weighted by Crippen LogP contribution is -2.29. The largest absolute Gasteiger partial charge is 0.369 e. The second-order valence-electron chi connectivity index (χ2n) is 5.98. The van der Waals surface area contributed by atoms with Gasteiger partial charge in [-0.1, -0.05) is 17.3 Å². The van der Waals surface area contributed by atoms with Crippen LogP contribution >= 0.6 is 0 Å². The molecular weight excluding hydrogens is 299 g/mol. The number of carbonyl (C=O) groups is 1. The maximum Gasteiger partial charge on any atom is 0.244 e. The average Bonchev–Trinajstić information content (AvgIpc) is 3.18. The van der Waals surface area contributed by atoms with Gasteiger partial charge in [-0.3, -0.25) is 9.69 Å². The summed E-state index contributed by atoms with van der Waals surface area (Å²) in [6.45, 7) is 4.99. The van der Waals surface area contributed by atoms with Crippen LogP contribution in [0.5, 0.6) is 0 Å². The van der Waals surface area contributed by atoms with Crippen molar-refractivity contribution < 1.29 is 13.7 Å². The van der Waals surface area contributed by atoms with Crippen LogP contribution in [0.3, 0.4) is 0 Å².